The Balaban J connectivity index is 1.73. The van der Waals surface area contributed by atoms with Gasteiger partial charge in [-0.15, -0.1) is 0 Å². The molecule has 0 spiro atoms. The van der Waals surface area contributed by atoms with Crippen molar-refractivity contribution in [2.45, 2.75) is 32.9 Å². The van der Waals surface area contributed by atoms with Gasteiger partial charge in [0.25, 0.3) is 11.3 Å². The minimum atomic E-state index is -0.684. The summed E-state index contributed by atoms with van der Waals surface area (Å²) < 4.78 is 6.67. The van der Waals surface area contributed by atoms with E-state index in [1.807, 2.05) is 44.2 Å². The lowest BCUT2D eigenvalue weighted by Crippen LogP contribution is -2.40. The molecular weight excluding hydrogens is 428 g/mol. The first kappa shape index (κ1) is 21.8. The number of fused-ring (bicyclic) bond motifs is 1. The number of carbonyl (C=O) groups is 1. The number of rotatable bonds is 7. The van der Waals surface area contributed by atoms with E-state index in [1.54, 1.807) is 29.2 Å². The lowest BCUT2D eigenvalue weighted by atomic mass is 10.1. The first-order valence-corrected chi connectivity index (χ1v) is 10.9. The van der Waals surface area contributed by atoms with Crippen molar-refractivity contribution < 1.29 is 9.32 Å². The molecule has 4 aromatic rings. The topological polar surface area (TPSA) is 81.2 Å². The van der Waals surface area contributed by atoms with Gasteiger partial charge in [0.15, 0.2) is 0 Å². The third-order valence-corrected chi connectivity index (χ3v) is 5.71. The summed E-state index contributed by atoms with van der Waals surface area (Å²) >= 11 is 5.98. The Morgan fingerprint density at radius 3 is 2.50 bits per heavy atom. The van der Waals surface area contributed by atoms with Gasteiger partial charge in [-0.3, -0.25) is 14.2 Å². The molecule has 4 rings (SSSR count). The van der Waals surface area contributed by atoms with Crippen LogP contribution in [-0.4, -0.2) is 32.1 Å². The van der Waals surface area contributed by atoms with Gasteiger partial charge >= 0.3 is 0 Å². The van der Waals surface area contributed by atoms with Crippen LogP contribution in [-0.2, 0) is 11.3 Å². The van der Waals surface area contributed by atoms with Gasteiger partial charge in [0.1, 0.15) is 23.4 Å². The molecule has 2 aromatic carbocycles. The van der Waals surface area contributed by atoms with E-state index in [1.165, 1.54) is 10.9 Å². The fourth-order valence-corrected chi connectivity index (χ4v) is 3.86. The molecule has 1 unspecified atom stereocenters. The van der Waals surface area contributed by atoms with Crippen LogP contribution in [0.1, 0.15) is 31.9 Å². The predicted octanol–water partition coefficient (Wildman–Crippen LogP) is 4.70. The maximum atomic E-state index is 13.5. The van der Waals surface area contributed by atoms with Gasteiger partial charge in [-0.25, -0.2) is 4.98 Å². The van der Waals surface area contributed by atoms with Gasteiger partial charge in [0.05, 0.1) is 0 Å². The Kier molecular flexibility index (Phi) is 6.37. The van der Waals surface area contributed by atoms with Crippen LogP contribution >= 0.6 is 11.6 Å². The fraction of sp³-hybridized carbons (Fsp3) is 0.250. The fourth-order valence-electron chi connectivity index (χ4n) is 3.74. The summed E-state index contributed by atoms with van der Waals surface area (Å²) in [6.07, 6.45) is 1.81. The zero-order valence-corrected chi connectivity index (χ0v) is 18.6. The van der Waals surface area contributed by atoms with Crippen molar-refractivity contribution in [2.75, 3.05) is 6.54 Å². The minimum absolute atomic E-state index is 0.133. The number of amides is 1. The molecule has 0 aliphatic carbocycles. The van der Waals surface area contributed by atoms with Crippen LogP contribution in [0.25, 0.3) is 22.4 Å². The SMILES string of the molecule is CCC(C(=O)N(CC)Cc1ccccc1)n1cnc2onc(-c3ccc(Cl)cc3)c2c1=O. The average Bonchev–Trinajstić information content (AvgIpc) is 3.25. The number of aromatic nitrogens is 3. The van der Waals surface area contributed by atoms with E-state index >= 15 is 0 Å². The summed E-state index contributed by atoms with van der Waals surface area (Å²) in [7, 11) is 0. The molecule has 0 aliphatic heterocycles. The van der Waals surface area contributed by atoms with Gasteiger partial charge in [0.2, 0.25) is 5.91 Å². The monoisotopic (exact) mass is 450 g/mol. The number of halogens is 1. The molecule has 0 bridgehead atoms. The summed E-state index contributed by atoms with van der Waals surface area (Å²) in [6, 6.07) is 16.0. The molecule has 0 aliphatic rings. The van der Waals surface area contributed by atoms with Crippen molar-refractivity contribution in [3.05, 3.63) is 81.9 Å². The molecule has 0 saturated carbocycles. The summed E-state index contributed by atoms with van der Waals surface area (Å²) in [5, 5.41) is 4.86. The number of likely N-dealkylation sites (N-methyl/N-ethyl adjacent to an activating group) is 1. The normalized spacial score (nSPS) is 12.1. The molecule has 2 heterocycles. The van der Waals surface area contributed by atoms with Crippen LogP contribution < -0.4 is 5.56 Å². The number of nitrogens with zero attached hydrogens (tertiary/aromatic N) is 4. The van der Waals surface area contributed by atoms with Crippen LogP contribution in [0.5, 0.6) is 0 Å². The second kappa shape index (κ2) is 9.36. The first-order chi connectivity index (χ1) is 15.5. The summed E-state index contributed by atoms with van der Waals surface area (Å²) in [6.45, 7) is 4.80. The summed E-state index contributed by atoms with van der Waals surface area (Å²) in [4.78, 5) is 32.9. The van der Waals surface area contributed by atoms with E-state index in [9.17, 15) is 9.59 Å². The Bertz CT molecular complexity index is 1280. The molecule has 0 fully saturated rings. The van der Waals surface area contributed by atoms with Gasteiger partial charge in [0, 0.05) is 23.7 Å². The minimum Gasteiger partial charge on any atom is -0.337 e. The number of hydrogen-bond donors (Lipinski definition) is 0. The number of carbonyl (C=O) groups excluding carboxylic acids is 1. The van der Waals surface area contributed by atoms with Crippen LogP contribution in [0.15, 0.2) is 70.2 Å². The van der Waals surface area contributed by atoms with Crippen molar-refractivity contribution in [1.29, 1.82) is 0 Å². The molecule has 32 heavy (non-hydrogen) atoms. The second-order valence-electron chi connectivity index (χ2n) is 7.44. The van der Waals surface area contributed by atoms with Gasteiger partial charge in [-0.05, 0) is 31.0 Å². The molecular formula is C24H23ClN4O3. The second-order valence-corrected chi connectivity index (χ2v) is 7.87. The van der Waals surface area contributed by atoms with Crippen molar-refractivity contribution in [3.63, 3.8) is 0 Å². The lowest BCUT2D eigenvalue weighted by molar-refractivity contribution is -0.135. The van der Waals surface area contributed by atoms with Crippen LogP contribution in [0.4, 0.5) is 0 Å². The molecule has 0 radical (unpaired) electrons. The summed E-state index contributed by atoms with van der Waals surface area (Å²) in [5.41, 5.74) is 1.86. The van der Waals surface area contributed by atoms with Crippen molar-refractivity contribution in [3.8, 4) is 11.3 Å². The molecule has 0 N–H and O–H groups in total. The highest BCUT2D eigenvalue weighted by Gasteiger charge is 2.27. The smallest absolute Gasteiger partial charge is 0.267 e. The maximum Gasteiger partial charge on any atom is 0.267 e. The van der Waals surface area contributed by atoms with Crippen LogP contribution in [0.2, 0.25) is 5.02 Å². The number of benzene rings is 2. The van der Waals surface area contributed by atoms with E-state index in [2.05, 4.69) is 10.1 Å². The lowest BCUT2D eigenvalue weighted by Gasteiger charge is -2.26. The quantitative estimate of drug-likeness (QED) is 0.407. The van der Waals surface area contributed by atoms with Crippen molar-refractivity contribution in [1.82, 2.24) is 19.6 Å². The maximum absolute atomic E-state index is 13.5. The summed E-state index contributed by atoms with van der Waals surface area (Å²) in [5.74, 6) is -0.133. The number of hydrogen-bond acceptors (Lipinski definition) is 5. The molecule has 2 aromatic heterocycles. The highest BCUT2D eigenvalue weighted by molar-refractivity contribution is 6.30. The molecule has 164 valence electrons. The van der Waals surface area contributed by atoms with E-state index < -0.39 is 6.04 Å². The predicted molar refractivity (Wildman–Crippen MR) is 123 cm³/mol. The first-order valence-electron chi connectivity index (χ1n) is 10.5. The Morgan fingerprint density at radius 2 is 1.84 bits per heavy atom. The zero-order valence-electron chi connectivity index (χ0n) is 17.9. The Morgan fingerprint density at radius 1 is 1.12 bits per heavy atom. The highest BCUT2D eigenvalue weighted by Crippen LogP contribution is 2.26. The van der Waals surface area contributed by atoms with Crippen LogP contribution in [0, 0.1) is 0 Å². The third kappa shape index (κ3) is 4.16. The average molecular weight is 451 g/mol. The Hall–Kier alpha value is -3.45. The molecule has 1 amide bonds. The van der Waals surface area contributed by atoms with Crippen molar-refractivity contribution in [2.24, 2.45) is 0 Å². The molecule has 8 heteroatoms. The third-order valence-electron chi connectivity index (χ3n) is 5.46. The van der Waals surface area contributed by atoms with E-state index in [0.29, 0.717) is 35.8 Å². The van der Waals surface area contributed by atoms with E-state index in [4.69, 9.17) is 16.1 Å². The van der Waals surface area contributed by atoms with E-state index in [0.717, 1.165) is 5.56 Å². The zero-order chi connectivity index (χ0) is 22.7. The van der Waals surface area contributed by atoms with E-state index in [-0.39, 0.29) is 22.6 Å². The standard InChI is InChI=1S/C24H23ClN4O3/c1-3-19(23(30)28(4-2)14-16-8-6-5-7-9-16)29-15-26-22-20(24(29)31)21(27-32-22)17-10-12-18(25)13-11-17/h5-13,15,19H,3-4,14H2,1-2H3. The molecule has 7 nitrogen and oxygen atoms in total. The van der Waals surface area contributed by atoms with Crippen LogP contribution in [0.3, 0.4) is 0 Å². The van der Waals surface area contributed by atoms with Crippen molar-refractivity contribution >= 4 is 28.6 Å². The van der Waals surface area contributed by atoms with Gasteiger partial charge in [-0.1, -0.05) is 66.1 Å². The van der Waals surface area contributed by atoms with Gasteiger partial charge in [-0.2, -0.15) is 0 Å². The molecule has 0 saturated heterocycles. The Labute approximate surface area is 190 Å². The highest BCUT2D eigenvalue weighted by atomic mass is 35.5. The molecule has 1 atom stereocenters. The largest absolute Gasteiger partial charge is 0.337 e. The van der Waals surface area contributed by atoms with Gasteiger partial charge < -0.3 is 9.42 Å².